The summed E-state index contributed by atoms with van der Waals surface area (Å²) in [6.07, 6.45) is 3.53. The van der Waals surface area contributed by atoms with Gasteiger partial charge in [0, 0.05) is 36.6 Å². The largest absolute Gasteiger partial charge is 0.370 e. The van der Waals surface area contributed by atoms with E-state index in [-0.39, 0.29) is 18.3 Å². The quantitative estimate of drug-likeness (QED) is 0.714. The fraction of sp³-hybridized carbons (Fsp3) is 0.111. The number of nitrogens with two attached hydrogens (primary N) is 2. The molecule has 25 heavy (non-hydrogen) atoms. The van der Waals surface area contributed by atoms with Crippen LogP contribution in [0.1, 0.15) is 6.42 Å². The van der Waals surface area contributed by atoms with Gasteiger partial charge >= 0.3 is 0 Å². The molecule has 2 heterocycles. The van der Waals surface area contributed by atoms with Crippen LogP contribution in [0.5, 0.6) is 0 Å². The van der Waals surface area contributed by atoms with Crippen molar-refractivity contribution in [2.45, 2.75) is 6.42 Å². The highest BCUT2D eigenvalue weighted by molar-refractivity contribution is 5.75. The number of primary amides is 1. The number of rotatable bonds is 6. The number of anilines is 3. The number of benzene rings is 1. The summed E-state index contributed by atoms with van der Waals surface area (Å²) in [6.45, 7) is 0.432. The fourth-order valence-electron chi connectivity index (χ4n) is 2.47. The van der Waals surface area contributed by atoms with Crippen molar-refractivity contribution < 1.29 is 4.79 Å². The Labute approximate surface area is 145 Å². The highest BCUT2D eigenvalue weighted by atomic mass is 16.1. The summed E-state index contributed by atoms with van der Waals surface area (Å²) in [5.41, 5.74) is 13.5. The van der Waals surface area contributed by atoms with Gasteiger partial charge in [-0.05, 0) is 30.3 Å². The third-order valence-corrected chi connectivity index (χ3v) is 3.64. The number of nitrogen functional groups attached to an aromatic ring is 1. The molecule has 0 radical (unpaired) electrons. The normalized spacial score (nSPS) is 10.4. The SMILES string of the molecule is NC(=O)CCN(c1ccccc1)c1cc(-c2ccnc(N)n2)ccn1. The van der Waals surface area contributed by atoms with Gasteiger partial charge < -0.3 is 16.4 Å². The summed E-state index contributed by atoms with van der Waals surface area (Å²) in [5.74, 6) is 0.548. The lowest BCUT2D eigenvalue weighted by Gasteiger charge is -2.23. The molecule has 0 aliphatic heterocycles. The minimum absolute atomic E-state index is 0.213. The highest BCUT2D eigenvalue weighted by Crippen LogP contribution is 2.27. The monoisotopic (exact) mass is 334 g/mol. The van der Waals surface area contributed by atoms with E-state index >= 15 is 0 Å². The topological polar surface area (TPSA) is 111 Å². The van der Waals surface area contributed by atoms with Crippen LogP contribution in [0.3, 0.4) is 0 Å². The first-order valence-electron chi connectivity index (χ1n) is 7.79. The molecule has 0 aliphatic carbocycles. The van der Waals surface area contributed by atoms with Gasteiger partial charge in [0.2, 0.25) is 11.9 Å². The second-order valence-corrected chi connectivity index (χ2v) is 5.41. The van der Waals surface area contributed by atoms with Crippen molar-refractivity contribution in [2.24, 2.45) is 5.73 Å². The van der Waals surface area contributed by atoms with Crippen LogP contribution >= 0.6 is 0 Å². The zero-order valence-electron chi connectivity index (χ0n) is 13.5. The molecule has 0 saturated carbocycles. The van der Waals surface area contributed by atoms with Gasteiger partial charge in [-0.1, -0.05) is 18.2 Å². The van der Waals surface area contributed by atoms with Gasteiger partial charge in [-0.2, -0.15) is 0 Å². The summed E-state index contributed by atoms with van der Waals surface area (Å²) < 4.78 is 0. The van der Waals surface area contributed by atoms with Gasteiger partial charge in [0.1, 0.15) is 5.82 Å². The Morgan fingerprint density at radius 2 is 1.80 bits per heavy atom. The second-order valence-electron chi connectivity index (χ2n) is 5.41. The maximum atomic E-state index is 11.2. The average molecular weight is 334 g/mol. The van der Waals surface area contributed by atoms with Crippen LogP contribution in [0.25, 0.3) is 11.3 Å². The van der Waals surface area contributed by atoms with Crippen molar-refractivity contribution in [1.82, 2.24) is 15.0 Å². The molecule has 3 rings (SSSR count). The lowest BCUT2D eigenvalue weighted by atomic mass is 10.1. The van der Waals surface area contributed by atoms with Crippen molar-refractivity contribution in [3.8, 4) is 11.3 Å². The van der Waals surface area contributed by atoms with Crippen molar-refractivity contribution in [2.75, 3.05) is 17.2 Å². The van der Waals surface area contributed by atoms with Gasteiger partial charge in [0.15, 0.2) is 0 Å². The molecule has 0 bridgehead atoms. The number of hydrogen-bond donors (Lipinski definition) is 2. The predicted octanol–water partition coefficient (Wildman–Crippen LogP) is 2.13. The number of nitrogens with zero attached hydrogens (tertiary/aromatic N) is 4. The average Bonchev–Trinajstić information content (AvgIpc) is 2.63. The Morgan fingerprint density at radius 3 is 2.52 bits per heavy atom. The zero-order chi connectivity index (χ0) is 17.6. The van der Waals surface area contributed by atoms with Crippen molar-refractivity contribution in [3.05, 3.63) is 60.9 Å². The number of amides is 1. The third kappa shape index (κ3) is 4.08. The summed E-state index contributed by atoms with van der Waals surface area (Å²) in [7, 11) is 0. The number of carbonyl (C=O) groups excluding carboxylic acids is 1. The molecule has 7 heteroatoms. The summed E-state index contributed by atoms with van der Waals surface area (Å²) in [4.78, 5) is 25.8. The van der Waals surface area contributed by atoms with Gasteiger partial charge in [0.25, 0.3) is 0 Å². The van der Waals surface area contributed by atoms with Crippen molar-refractivity contribution in [1.29, 1.82) is 0 Å². The Bertz CT molecular complexity index is 868. The van der Waals surface area contributed by atoms with E-state index in [1.165, 1.54) is 0 Å². The molecule has 1 amide bonds. The van der Waals surface area contributed by atoms with E-state index in [2.05, 4.69) is 15.0 Å². The smallest absolute Gasteiger partial charge is 0.220 e. The molecule has 4 N–H and O–H groups in total. The Morgan fingerprint density at radius 1 is 1.04 bits per heavy atom. The number of pyridine rings is 1. The van der Waals surface area contributed by atoms with Crippen LogP contribution in [-0.2, 0) is 4.79 Å². The molecule has 0 unspecified atom stereocenters. The maximum Gasteiger partial charge on any atom is 0.220 e. The minimum Gasteiger partial charge on any atom is -0.370 e. The minimum atomic E-state index is -0.361. The lowest BCUT2D eigenvalue weighted by molar-refractivity contribution is -0.117. The Balaban J connectivity index is 1.98. The molecular weight excluding hydrogens is 316 g/mol. The molecule has 126 valence electrons. The molecule has 0 aliphatic rings. The van der Waals surface area contributed by atoms with Gasteiger partial charge in [-0.15, -0.1) is 0 Å². The Kier molecular flexibility index (Phi) is 4.84. The number of carbonyl (C=O) groups is 1. The predicted molar refractivity (Wildman–Crippen MR) is 96.9 cm³/mol. The molecule has 0 fully saturated rings. The Hall–Kier alpha value is -3.48. The van der Waals surface area contributed by atoms with Crippen molar-refractivity contribution >= 4 is 23.4 Å². The molecule has 7 nitrogen and oxygen atoms in total. The van der Waals surface area contributed by atoms with Crippen LogP contribution in [0.2, 0.25) is 0 Å². The molecule has 1 aromatic carbocycles. The summed E-state index contributed by atoms with van der Waals surface area (Å²) in [6, 6.07) is 15.2. The van der Waals surface area contributed by atoms with Crippen LogP contribution in [-0.4, -0.2) is 27.4 Å². The molecule has 0 atom stereocenters. The first-order chi connectivity index (χ1) is 12.1. The first-order valence-corrected chi connectivity index (χ1v) is 7.79. The summed E-state index contributed by atoms with van der Waals surface area (Å²) in [5, 5.41) is 0. The van der Waals surface area contributed by atoms with Crippen LogP contribution in [0.4, 0.5) is 17.5 Å². The number of aromatic nitrogens is 3. The van der Waals surface area contributed by atoms with E-state index in [1.54, 1.807) is 18.5 Å². The van der Waals surface area contributed by atoms with Gasteiger partial charge in [0.05, 0.1) is 5.69 Å². The third-order valence-electron chi connectivity index (χ3n) is 3.64. The van der Waals surface area contributed by atoms with Gasteiger partial charge in [-0.3, -0.25) is 4.79 Å². The van der Waals surface area contributed by atoms with E-state index in [1.807, 2.05) is 47.4 Å². The van der Waals surface area contributed by atoms with E-state index < -0.39 is 0 Å². The summed E-state index contributed by atoms with van der Waals surface area (Å²) >= 11 is 0. The fourth-order valence-corrected chi connectivity index (χ4v) is 2.47. The van der Waals surface area contributed by atoms with E-state index in [0.29, 0.717) is 18.1 Å². The molecular formula is C18H18N6O. The van der Waals surface area contributed by atoms with E-state index in [9.17, 15) is 4.79 Å². The standard InChI is InChI=1S/C18H18N6O/c19-16(25)8-11-24(14-4-2-1-3-5-14)17-12-13(6-9-21-17)15-7-10-22-18(20)23-15/h1-7,9-10,12H,8,11H2,(H2,19,25)(H2,20,22,23). The van der Waals surface area contributed by atoms with Crippen molar-refractivity contribution in [3.63, 3.8) is 0 Å². The maximum absolute atomic E-state index is 11.2. The first kappa shape index (κ1) is 16.4. The highest BCUT2D eigenvalue weighted by Gasteiger charge is 2.13. The van der Waals surface area contributed by atoms with Crippen LogP contribution in [0, 0.1) is 0 Å². The zero-order valence-corrected chi connectivity index (χ0v) is 13.5. The molecule has 0 spiro atoms. The molecule has 3 aromatic rings. The molecule has 0 saturated heterocycles. The second kappa shape index (κ2) is 7.39. The van der Waals surface area contributed by atoms with Gasteiger partial charge in [-0.25, -0.2) is 15.0 Å². The van der Waals surface area contributed by atoms with Crippen LogP contribution in [0.15, 0.2) is 60.9 Å². The lowest BCUT2D eigenvalue weighted by Crippen LogP contribution is -2.24. The number of para-hydroxylation sites is 1. The molecule has 2 aromatic heterocycles. The van der Waals surface area contributed by atoms with E-state index in [4.69, 9.17) is 11.5 Å². The van der Waals surface area contributed by atoms with E-state index in [0.717, 1.165) is 11.3 Å². The van der Waals surface area contributed by atoms with Crippen LogP contribution < -0.4 is 16.4 Å². The number of hydrogen-bond acceptors (Lipinski definition) is 6.